The summed E-state index contributed by atoms with van der Waals surface area (Å²) in [5, 5.41) is 3.67. The molecule has 2 aliphatic rings. The zero-order valence-corrected chi connectivity index (χ0v) is 14.4. The van der Waals surface area contributed by atoms with E-state index in [0.717, 1.165) is 24.4 Å². The van der Waals surface area contributed by atoms with Gasteiger partial charge in [0.25, 0.3) is 0 Å². The summed E-state index contributed by atoms with van der Waals surface area (Å²) in [6.45, 7) is 8.10. The second-order valence-corrected chi connectivity index (χ2v) is 7.38. The van der Waals surface area contributed by atoms with Gasteiger partial charge in [-0.1, -0.05) is 39.5 Å². The fraction of sp³-hybridized carbons (Fsp3) is 1.00. The maximum Gasteiger partial charge on any atom is 0.0576 e. The molecular weight excluding hydrogens is 258 g/mol. The van der Waals surface area contributed by atoms with Gasteiger partial charge in [0.1, 0.15) is 0 Å². The lowest BCUT2D eigenvalue weighted by atomic mass is 9.71. The Morgan fingerprint density at radius 3 is 2.67 bits per heavy atom. The third-order valence-corrected chi connectivity index (χ3v) is 5.78. The highest BCUT2D eigenvalue weighted by atomic mass is 16.5. The summed E-state index contributed by atoms with van der Waals surface area (Å²) in [4.78, 5) is 0. The van der Waals surface area contributed by atoms with Crippen molar-refractivity contribution in [3.05, 3.63) is 0 Å². The van der Waals surface area contributed by atoms with E-state index in [1.165, 1.54) is 77.3 Å². The highest BCUT2D eigenvalue weighted by Crippen LogP contribution is 2.38. The molecule has 0 amide bonds. The zero-order chi connectivity index (χ0) is 14.9. The van der Waals surface area contributed by atoms with Crippen LogP contribution in [-0.2, 0) is 4.74 Å². The molecule has 0 aromatic heterocycles. The summed E-state index contributed by atoms with van der Waals surface area (Å²) >= 11 is 0. The minimum Gasteiger partial charge on any atom is -0.378 e. The Morgan fingerprint density at radius 1 is 1.05 bits per heavy atom. The maximum absolute atomic E-state index is 5.78. The average molecular weight is 296 g/mol. The number of hydrogen-bond donors (Lipinski definition) is 1. The lowest BCUT2D eigenvalue weighted by Gasteiger charge is -2.36. The Kier molecular flexibility index (Phi) is 8.10. The molecule has 1 saturated heterocycles. The first kappa shape index (κ1) is 17.3. The van der Waals surface area contributed by atoms with Crippen molar-refractivity contribution in [3.8, 4) is 0 Å². The van der Waals surface area contributed by atoms with Crippen LogP contribution in [0.1, 0.15) is 78.1 Å². The minimum atomic E-state index is 0.590. The molecule has 1 heterocycles. The van der Waals surface area contributed by atoms with Crippen molar-refractivity contribution in [3.63, 3.8) is 0 Å². The van der Waals surface area contributed by atoms with Gasteiger partial charge in [0, 0.05) is 6.61 Å². The van der Waals surface area contributed by atoms with Gasteiger partial charge >= 0.3 is 0 Å². The van der Waals surface area contributed by atoms with E-state index in [1.54, 1.807) is 0 Å². The standard InChI is InChI=1S/C19H37NO/c1-3-12-20-15-18-11-10-16(4-2)14-17(18)7-5-8-19-9-6-13-21-19/h16-20H,3-15H2,1-2H3. The van der Waals surface area contributed by atoms with Gasteiger partial charge in [-0.2, -0.15) is 0 Å². The van der Waals surface area contributed by atoms with E-state index >= 15 is 0 Å². The largest absolute Gasteiger partial charge is 0.378 e. The molecule has 2 heteroatoms. The van der Waals surface area contributed by atoms with Crippen molar-refractivity contribution in [1.82, 2.24) is 5.32 Å². The van der Waals surface area contributed by atoms with Crippen molar-refractivity contribution in [2.24, 2.45) is 17.8 Å². The van der Waals surface area contributed by atoms with Crippen LogP contribution in [0.2, 0.25) is 0 Å². The SMILES string of the molecule is CCCNCC1CCC(CC)CC1CCCC1CCCO1. The minimum absolute atomic E-state index is 0.590. The Morgan fingerprint density at radius 2 is 1.95 bits per heavy atom. The monoisotopic (exact) mass is 295 g/mol. The van der Waals surface area contributed by atoms with Gasteiger partial charge in [0.05, 0.1) is 6.10 Å². The zero-order valence-electron chi connectivity index (χ0n) is 14.4. The predicted molar refractivity (Wildman–Crippen MR) is 90.6 cm³/mol. The van der Waals surface area contributed by atoms with Gasteiger partial charge in [-0.3, -0.25) is 0 Å². The first-order chi connectivity index (χ1) is 10.3. The molecule has 0 radical (unpaired) electrons. The quantitative estimate of drug-likeness (QED) is 0.618. The van der Waals surface area contributed by atoms with Gasteiger partial charge < -0.3 is 10.1 Å². The van der Waals surface area contributed by atoms with E-state index in [1.807, 2.05) is 0 Å². The van der Waals surface area contributed by atoms with Gasteiger partial charge in [-0.15, -0.1) is 0 Å². The van der Waals surface area contributed by atoms with Crippen LogP contribution in [0.5, 0.6) is 0 Å². The molecule has 1 N–H and O–H groups in total. The second kappa shape index (κ2) is 9.84. The Balaban J connectivity index is 1.72. The van der Waals surface area contributed by atoms with Crippen LogP contribution in [0.4, 0.5) is 0 Å². The van der Waals surface area contributed by atoms with Crippen molar-refractivity contribution >= 4 is 0 Å². The highest BCUT2D eigenvalue weighted by molar-refractivity contribution is 4.81. The number of nitrogens with one attached hydrogen (secondary N) is 1. The lowest BCUT2D eigenvalue weighted by Crippen LogP contribution is -2.33. The Bertz CT molecular complexity index is 260. The van der Waals surface area contributed by atoms with Gasteiger partial charge in [0.15, 0.2) is 0 Å². The van der Waals surface area contributed by atoms with E-state index in [0.29, 0.717) is 6.10 Å². The molecule has 2 fully saturated rings. The molecule has 2 rings (SSSR count). The average Bonchev–Trinajstić information content (AvgIpc) is 3.02. The van der Waals surface area contributed by atoms with E-state index in [-0.39, 0.29) is 0 Å². The molecule has 4 unspecified atom stereocenters. The number of ether oxygens (including phenoxy) is 1. The van der Waals surface area contributed by atoms with Crippen LogP contribution in [0.3, 0.4) is 0 Å². The van der Waals surface area contributed by atoms with Crippen LogP contribution in [-0.4, -0.2) is 25.8 Å². The Hall–Kier alpha value is -0.0800. The lowest BCUT2D eigenvalue weighted by molar-refractivity contribution is 0.0954. The molecule has 0 aromatic carbocycles. The Labute approximate surface area is 132 Å². The molecule has 4 atom stereocenters. The molecule has 21 heavy (non-hydrogen) atoms. The third-order valence-electron chi connectivity index (χ3n) is 5.78. The molecule has 2 nitrogen and oxygen atoms in total. The van der Waals surface area contributed by atoms with E-state index in [9.17, 15) is 0 Å². The van der Waals surface area contributed by atoms with E-state index < -0.39 is 0 Å². The smallest absolute Gasteiger partial charge is 0.0576 e. The second-order valence-electron chi connectivity index (χ2n) is 7.38. The first-order valence-corrected chi connectivity index (χ1v) is 9.65. The molecule has 0 aromatic rings. The maximum atomic E-state index is 5.78. The summed E-state index contributed by atoms with van der Waals surface area (Å²) < 4.78 is 5.78. The topological polar surface area (TPSA) is 21.3 Å². The third kappa shape index (κ3) is 5.90. The van der Waals surface area contributed by atoms with Crippen LogP contribution in [0, 0.1) is 17.8 Å². The van der Waals surface area contributed by atoms with E-state index in [4.69, 9.17) is 4.74 Å². The molecular formula is C19H37NO. The first-order valence-electron chi connectivity index (χ1n) is 9.65. The summed E-state index contributed by atoms with van der Waals surface area (Å²) in [6, 6.07) is 0. The van der Waals surface area contributed by atoms with Crippen LogP contribution < -0.4 is 5.32 Å². The predicted octanol–water partition coefficient (Wildman–Crippen LogP) is 4.78. The number of hydrogen-bond acceptors (Lipinski definition) is 2. The fourth-order valence-corrected chi connectivity index (χ4v) is 4.36. The van der Waals surface area contributed by atoms with Gasteiger partial charge in [-0.25, -0.2) is 0 Å². The van der Waals surface area contributed by atoms with Crippen molar-refractivity contribution in [2.45, 2.75) is 84.2 Å². The molecule has 0 spiro atoms. The summed E-state index contributed by atoms with van der Waals surface area (Å²) in [5.41, 5.74) is 0. The summed E-state index contributed by atoms with van der Waals surface area (Å²) in [6.07, 6.45) is 14.4. The molecule has 124 valence electrons. The highest BCUT2D eigenvalue weighted by Gasteiger charge is 2.29. The molecule has 1 aliphatic heterocycles. The molecule has 1 aliphatic carbocycles. The fourth-order valence-electron chi connectivity index (χ4n) is 4.36. The normalized spacial score (nSPS) is 33.4. The van der Waals surface area contributed by atoms with Crippen molar-refractivity contribution < 1.29 is 4.74 Å². The van der Waals surface area contributed by atoms with Gasteiger partial charge in [-0.05, 0) is 69.4 Å². The van der Waals surface area contributed by atoms with Crippen LogP contribution in [0.25, 0.3) is 0 Å². The van der Waals surface area contributed by atoms with Crippen LogP contribution in [0.15, 0.2) is 0 Å². The van der Waals surface area contributed by atoms with Crippen molar-refractivity contribution in [2.75, 3.05) is 19.7 Å². The summed E-state index contributed by atoms with van der Waals surface area (Å²) in [5.74, 6) is 2.90. The number of rotatable bonds is 9. The molecule has 1 saturated carbocycles. The summed E-state index contributed by atoms with van der Waals surface area (Å²) in [7, 11) is 0. The van der Waals surface area contributed by atoms with Crippen molar-refractivity contribution in [1.29, 1.82) is 0 Å². The van der Waals surface area contributed by atoms with Crippen LogP contribution >= 0.6 is 0 Å². The van der Waals surface area contributed by atoms with Gasteiger partial charge in [0.2, 0.25) is 0 Å². The molecule has 0 bridgehead atoms. The van der Waals surface area contributed by atoms with E-state index in [2.05, 4.69) is 19.2 Å².